The zero-order valence-electron chi connectivity index (χ0n) is 17.5. The summed E-state index contributed by atoms with van der Waals surface area (Å²) in [4.78, 5) is 59.4. The van der Waals surface area contributed by atoms with Crippen LogP contribution in [0, 0.1) is 5.92 Å². The van der Waals surface area contributed by atoms with Crippen molar-refractivity contribution in [3.8, 4) is 0 Å². The van der Waals surface area contributed by atoms with Crippen LogP contribution in [0.2, 0.25) is 0 Å². The van der Waals surface area contributed by atoms with Crippen LogP contribution >= 0.6 is 0 Å². The maximum Gasteiger partial charge on any atom is 0.326 e. The normalized spacial score (nSPS) is 14.9. The summed E-state index contributed by atoms with van der Waals surface area (Å²) < 4.78 is 0. The summed E-state index contributed by atoms with van der Waals surface area (Å²) in [5, 5.41) is 25.3. The van der Waals surface area contributed by atoms with Crippen molar-refractivity contribution in [2.24, 2.45) is 17.4 Å². The lowest BCUT2D eigenvalue weighted by molar-refractivity contribution is -0.144. The molecule has 0 aliphatic carbocycles. The van der Waals surface area contributed by atoms with E-state index in [1.165, 1.54) is 6.92 Å². The van der Waals surface area contributed by atoms with Crippen molar-refractivity contribution in [1.82, 2.24) is 16.0 Å². The van der Waals surface area contributed by atoms with Crippen LogP contribution in [0.5, 0.6) is 0 Å². The van der Waals surface area contributed by atoms with Crippen molar-refractivity contribution in [3.63, 3.8) is 0 Å². The van der Waals surface area contributed by atoms with Crippen molar-refractivity contribution in [1.29, 1.82) is 0 Å². The van der Waals surface area contributed by atoms with Crippen LogP contribution in [0.25, 0.3) is 0 Å². The predicted molar refractivity (Wildman–Crippen MR) is 107 cm³/mol. The molecular formula is C18H33N5O7. The van der Waals surface area contributed by atoms with Gasteiger partial charge in [-0.15, -0.1) is 0 Å². The number of rotatable bonds is 14. The maximum atomic E-state index is 12.6. The molecule has 0 rings (SSSR count). The summed E-state index contributed by atoms with van der Waals surface area (Å²) in [7, 11) is 0. The van der Waals surface area contributed by atoms with Gasteiger partial charge in [0.2, 0.25) is 17.7 Å². The lowest BCUT2D eigenvalue weighted by Gasteiger charge is -2.25. The molecule has 0 saturated carbocycles. The molecule has 9 N–H and O–H groups in total. The first-order chi connectivity index (χ1) is 13.9. The van der Waals surface area contributed by atoms with Crippen molar-refractivity contribution in [3.05, 3.63) is 0 Å². The third kappa shape index (κ3) is 10.2. The van der Waals surface area contributed by atoms with Gasteiger partial charge in [-0.3, -0.25) is 19.2 Å². The molecule has 0 heterocycles. The first-order valence-corrected chi connectivity index (χ1v) is 9.72. The van der Waals surface area contributed by atoms with Gasteiger partial charge in [-0.05, 0) is 38.6 Å². The number of amides is 3. The van der Waals surface area contributed by atoms with Crippen molar-refractivity contribution in [2.75, 3.05) is 6.54 Å². The van der Waals surface area contributed by atoms with Crippen molar-refractivity contribution in [2.45, 2.75) is 70.6 Å². The number of hydrogen-bond acceptors (Lipinski definition) is 7. The number of nitrogens with one attached hydrogen (secondary N) is 3. The number of carboxylic acid groups (broad SMARTS) is 2. The van der Waals surface area contributed by atoms with Crippen LogP contribution < -0.4 is 27.4 Å². The third-order valence-electron chi connectivity index (χ3n) is 4.24. The lowest BCUT2D eigenvalue weighted by atomic mass is 10.0. The molecule has 4 atom stereocenters. The van der Waals surface area contributed by atoms with E-state index in [0.29, 0.717) is 19.4 Å². The molecule has 0 fully saturated rings. The number of carboxylic acids is 2. The molecule has 0 aliphatic rings. The Kier molecular flexibility index (Phi) is 12.3. The standard InChI is InChI=1S/C18H33N5O7/c1-9(2)14(18(29)30)23-16(27)11(6-4-5-7-19)21-17(28)12(8-13(24)25)22-15(26)10(3)20/h9-12,14H,4-8,19-20H2,1-3H3,(H,21,28)(H,22,26)(H,23,27)(H,24,25)(H,29,30). The van der Waals surface area contributed by atoms with Crippen LogP contribution in [-0.4, -0.2) is 70.6 Å². The fourth-order valence-corrected chi connectivity index (χ4v) is 2.49. The van der Waals surface area contributed by atoms with E-state index in [1.807, 2.05) is 0 Å². The van der Waals surface area contributed by atoms with E-state index >= 15 is 0 Å². The van der Waals surface area contributed by atoms with Crippen LogP contribution in [0.15, 0.2) is 0 Å². The maximum absolute atomic E-state index is 12.6. The number of unbranched alkanes of at least 4 members (excludes halogenated alkanes) is 1. The van der Waals surface area contributed by atoms with Crippen LogP contribution in [-0.2, 0) is 24.0 Å². The summed E-state index contributed by atoms with van der Waals surface area (Å²) in [6, 6.07) is -4.72. The van der Waals surface area contributed by atoms with Gasteiger partial charge >= 0.3 is 11.9 Å². The molecule has 0 aromatic carbocycles. The van der Waals surface area contributed by atoms with Gasteiger partial charge in [-0.1, -0.05) is 13.8 Å². The second kappa shape index (κ2) is 13.5. The van der Waals surface area contributed by atoms with E-state index in [9.17, 15) is 29.1 Å². The van der Waals surface area contributed by atoms with Gasteiger partial charge in [0.05, 0.1) is 12.5 Å². The highest BCUT2D eigenvalue weighted by Crippen LogP contribution is 2.07. The average molecular weight is 431 g/mol. The molecule has 12 nitrogen and oxygen atoms in total. The second-order valence-electron chi connectivity index (χ2n) is 7.36. The molecule has 0 aromatic heterocycles. The minimum Gasteiger partial charge on any atom is -0.481 e. The van der Waals surface area contributed by atoms with Gasteiger partial charge in [0, 0.05) is 0 Å². The molecule has 0 bridgehead atoms. The number of aliphatic carboxylic acids is 2. The van der Waals surface area contributed by atoms with E-state index in [0.717, 1.165) is 0 Å². The summed E-state index contributed by atoms with van der Waals surface area (Å²) in [5.41, 5.74) is 10.9. The average Bonchev–Trinajstić information content (AvgIpc) is 2.63. The number of carbonyl (C=O) groups is 5. The summed E-state index contributed by atoms with van der Waals surface area (Å²) >= 11 is 0. The van der Waals surface area contributed by atoms with Gasteiger partial charge in [-0.2, -0.15) is 0 Å². The zero-order chi connectivity index (χ0) is 23.4. The first kappa shape index (κ1) is 27.3. The fraction of sp³-hybridized carbons (Fsp3) is 0.722. The van der Waals surface area contributed by atoms with Gasteiger partial charge in [-0.25, -0.2) is 4.79 Å². The predicted octanol–water partition coefficient (Wildman–Crippen LogP) is -1.87. The van der Waals surface area contributed by atoms with E-state index in [2.05, 4.69) is 16.0 Å². The Morgan fingerprint density at radius 1 is 0.833 bits per heavy atom. The van der Waals surface area contributed by atoms with Crippen LogP contribution in [0.4, 0.5) is 0 Å². The largest absolute Gasteiger partial charge is 0.481 e. The number of hydrogen-bond donors (Lipinski definition) is 7. The SMILES string of the molecule is CC(N)C(=O)NC(CC(=O)O)C(=O)NC(CCCCN)C(=O)NC(C(=O)O)C(C)C. The summed E-state index contributed by atoms with van der Waals surface area (Å²) in [6.07, 6.45) is 0.460. The van der Waals surface area contributed by atoms with Crippen LogP contribution in [0.3, 0.4) is 0 Å². The smallest absolute Gasteiger partial charge is 0.326 e. The molecule has 0 aromatic rings. The van der Waals surface area contributed by atoms with Gasteiger partial charge in [0.15, 0.2) is 0 Å². The van der Waals surface area contributed by atoms with Crippen LogP contribution in [0.1, 0.15) is 46.5 Å². The van der Waals surface area contributed by atoms with Gasteiger partial charge in [0.1, 0.15) is 18.1 Å². The monoisotopic (exact) mass is 431 g/mol. The Hall–Kier alpha value is -2.73. The van der Waals surface area contributed by atoms with Gasteiger partial charge in [0.25, 0.3) is 0 Å². The molecule has 3 amide bonds. The minimum atomic E-state index is -1.45. The number of nitrogens with two attached hydrogens (primary N) is 2. The number of carbonyl (C=O) groups excluding carboxylic acids is 3. The Morgan fingerprint density at radius 3 is 1.80 bits per heavy atom. The molecule has 4 unspecified atom stereocenters. The Morgan fingerprint density at radius 2 is 1.37 bits per heavy atom. The van der Waals surface area contributed by atoms with Crippen molar-refractivity contribution < 1.29 is 34.2 Å². The Bertz CT molecular complexity index is 624. The molecule has 0 radical (unpaired) electrons. The van der Waals surface area contributed by atoms with E-state index in [1.54, 1.807) is 13.8 Å². The highest BCUT2D eigenvalue weighted by atomic mass is 16.4. The topological polar surface area (TPSA) is 214 Å². The third-order valence-corrected chi connectivity index (χ3v) is 4.24. The lowest BCUT2D eigenvalue weighted by Crippen LogP contribution is -2.57. The first-order valence-electron chi connectivity index (χ1n) is 9.72. The highest BCUT2D eigenvalue weighted by Gasteiger charge is 2.31. The molecule has 0 spiro atoms. The highest BCUT2D eigenvalue weighted by molar-refractivity contribution is 5.95. The van der Waals surface area contributed by atoms with E-state index < -0.39 is 66.2 Å². The molecule has 0 saturated heterocycles. The molecular weight excluding hydrogens is 398 g/mol. The van der Waals surface area contributed by atoms with E-state index in [4.69, 9.17) is 16.6 Å². The van der Waals surface area contributed by atoms with Gasteiger partial charge < -0.3 is 37.6 Å². The second-order valence-corrected chi connectivity index (χ2v) is 7.36. The quantitative estimate of drug-likeness (QED) is 0.153. The summed E-state index contributed by atoms with van der Waals surface area (Å²) in [6.45, 7) is 4.96. The molecule has 0 aliphatic heterocycles. The van der Waals surface area contributed by atoms with E-state index in [-0.39, 0.29) is 6.42 Å². The zero-order valence-corrected chi connectivity index (χ0v) is 17.5. The Balaban J connectivity index is 5.44. The molecule has 12 heteroatoms. The molecule has 172 valence electrons. The van der Waals surface area contributed by atoms with Crippen molar-refractivity contribution >= 4 is 29.7 Å². The molecule has 30 heavy (non-hydrogen) atoms. The summed E-state index contributed by atoms with van der Waals surface area (Å²) in [5.74, 6) is -5.32. The minimum absolute atomic E-state index is 0.153. The Labute approximate surface area is 175 Å². The fourth-order valence-electron chi connectivity index (χ4n) is 2.49.